The van der Waals surface area contributed by atoms with E-state index >= 15 is 0 Å². The summed E-state index contributed by atoms with van der Waals surface area (Å²) in [5.41, 5.74) is 1.97. The van der Waals surface area contributed by atoms with Crippen molar-refractivity contribution in [3.8, 4) is 29.0 Å². The Morgan fingerprint density at radius 2 is 1.40 bits per heavy atom. The Bertz CT molecular complexity index is 884. The molecule has 6 heteroatoms. The molecule has 0 fully saturated rings. The molecule has 1 aromatic heterocycles. The molecule has 0 aliphatic heterocycles. The van der Waals surface area contributed by atoms with Gasteiger partial charge in [-0.2, -0.15) is 0 Å². The smallest absolute Gasteiger partial charge is 0.197 e. The maximum atomic E-state index is 10.4. The van der Waals surface area contributed by atoms with E-state index in [1.807, 2.05) is 0 Å². The van der Waals surface area contributed by atoms with Crippen LogP contribution in [0.25, 0.3) is 0 Å². The third-order valence-corrected chi connectivity index (χ3v) is 4.13. The number of aromatic nitrogens is 1. The molecular weight excluding hydrogens is 322 g/mol. The first-order chi connectivity index (χ1) is 11.9. The summed E-state index contributed by atoms with van der Waals surface area (Å²) in [4.78, 5) is 0. The van der Waals surface area contributed by atoms with Crippen LogP contribution in [0, 0.1) is 0 Å². The minimum absolute atomic E-state index is 0.0419. The van der Waals surface area contributed by atoms with Crippen molar-refractivity contribution in [2.24, 2.45) is 0 Å². The van der Waals surface area contributed by atoms with E-state index in [9.17, 15) is 25.5 Å². The SMILES string of the molecule is Oc1ccc(CCn2c(O)cc(Cc3ccc(O)cc3O)c2O)cc1. The highest BCUT2D eigenvalue weighted by atomic mass is 16.3. The van der Waals surface area contributed by atoms with Crippen LogP contribution < -0.4 is 0 Å². The summed E-state index contributed by atoms with van der Waals surface area (Å²) in [6.45, 7) is 0.365. The summed E-state index contributed by atoms with van der Waals surface area (Å²) in [6.07, 6.45) is 0.789. The zero-order valence-corrected chi connectivity index (χ0v) is 13.4. The van der Waals surface area contributed by atoms with Crippen molar-refractivity contribution in [3.05, 3.63) is 65.2 Å². The Balaban J connectivity index is 1.77. The lowest BCUT2D eigenvalue weighted by atomic mass is 10.1. The van der Waals surface area contributed by atoms with Crippen molar-refractivity contribution in [2.45, 2.75) is 19.4 Å². The van der Waals surface area contributed by atoms with Crippen LogP contribution in [0.5, 0.6) is 29.0 Å². The lowest BCUT2D eigenvalue weighted by Gasteiger charge is -2.08. The highest BCUT2D eigenvalue weighted by Gasteiger charge is 2.15. The second-order valence-corrected chi connectivity index (χ2v) is 5.91. The van der Waals surface area contributed by atoms with Crippen LogP contribution in [-0.2, 0) is 19.4 Å². The van der Waals surface area contributed by atoms with E-state index in [1.54, 1.807) is 30.3 Å². The Hall–Kier alpha value is -3.28. The van der Waals surface area contributed by atoms with Gasteiger partial charge in [0, 0.05) is 30.7 Å². The molecule has 130 valence electrons. The van der Waals surface area contributed by atoms with Crippen molar-refractivity contribution in [1.82, 2.24) is 4.57 Å². The summed E-state index contributed by atoms with van der Waals surface area (Å²) in [5.74, 6) is -0.0600. The molecule has 6 nitrogen and oxygen atoms in total. The minimum Gasteiger partial charge on any atom is -0.508 e. The van der Waals surface area contributed by atoms with E-state index in [2.05, 4.69) is 0 Å². The second-order valence-electron chi connectivity index (χ2n) is 5.91. The van der Waals surface area contributed by atoms with Gasteiger partial charge in [-0.25, -0.2) is 0 Å². The van der Waals surface area contributed by atoms with Gasteiger partial charge >= 0.3 is 0 Å². The Morgan fingerprint density at radius 3 is 2.08 bits per heavy atom. The molecule has 0 amide bonds. The molecule has 3 rings (SSSR count). The Morgan fingerprint density at radius 1 is 0.720 bits per heavy atom. The van der Waals surface area contributed by atoms with E-state index in [-0.39, 0.29) is 35.4 Å². The van der Waals surface area contributed by atoms with Crippen molar-refractivity contribution < 1.29 is 25.5 Å². The number of rotatable bonds is 5. The fourth-order valence-electron chi connectivity index (χ4n) is 2.74. The second kappa shape index (κ2) is 6.68. The van der Waals surface area contributed by atoms with Gasteiger partial charge in [-0.15, -0.1) is 0 Å². The zero-order valence-electron chi connectivity index (χ0n) is 13.4. The first-order valence-corrected chi connectivity index (χ1v) is 7.83. The summed E-state index contributed by atoms with van der Waals surface area (Å²) in [7, 11) is 0. The topological polar surface area (TPSA) is 106 Å². The Kier molecular flexibility index (Phi) is 4.43. The number of hydrogen-bond acceptors (Lipinski definition) is 5. The monoisotopic (exact) mass is 341 g/mol. The predicted octanol–water partition coefficient (Wildman–Crippen LogP) is 2.85. The quantitative estimate of drug-likeness (QED) is 0.491. The van der Waals surface area contributed by atoms with Gasteiger partial charge in [0.05, 0.1) is 0 Å². The fourth-order valence-corrected chi connectivity index (χ4v) is 2.74. The molecule has 25 heavy (non-hydrogen) atoms. The largest absolute Gasteiger partial charge is 0.508 e. The lowest BCUT2D eigenvalue weighted by Crippen LogP contribution is -2.00. The normalized spacial score (nSPS) is 10.9. The molecule has 0 aliphatic rings. The van der Waals surface area contributed by atoms with Crippen LogP contribution in [0.2, 0.25) is 0 Å². The number of phenolic OH excluding ortho intramolecular Hbond substituents is 3. The molecule has 0 aliphatic carbocycles. The summed E-state index contributed by atoms with van der Waals surface area (Å²) < 4.78 is 1.39. The third-order valence-electron chi connectivity index (χ3n) is 4.13. The number of phenols is 3. The molecule has 5 N–H and O–H groups in total. The van der Waals surface area contributed by atoms with Crippen LogP contribution >= 0.6 is 0 Å². The van der Waals surface area contributed by atoms with Gasteiger partial charge in [0.1, 0.15) is 17.2 Å². The average molecular weight is 341 g/mol. The van der Waals surface area contributed by atoms with Gasteiger partial charge in [0.2, 0.25) is 0 Å². The molecule has 0 spiro atoms. The molecule has 0 unspecified atom stereocenters. The number of nitrogens with zero attached hydrogens (tertiary/aromatic N) is 1. The maximum Gasteiger partial charge on any atom is 0.197 e. The fraction of sp³-hybridized carbons (Fsp3) is 0.158. The molecule has 0 saturated carbocycles. The number of hydrogen-bond donors (Lipinski definition) is 5. The van der Waals surface area contributed by atoms with E-state index in [0.29, 0.717) is 24.1 Å². The first-order valence-electron chi connectivity index (χ1n) is 7.83. The van der Waals surface area contributed by atoms with Crippen molar-refractivity contribution in [3.63, 3.8) is 0 Å². The summed E-state index contributed by atoms with van der Waals surface area (Å²) in [6, 6.07) is 12.4. The van der Waals surface area contributed by atoms with E-state index in [4.69, 9.17) is 0 Å². The third kappa shape index (κ3) is 3.63. The molecule has 2 aromatic carbocycles. The van der Waals surface area contributed by atoms with Crippen LogP contribution in [0.1, 0.15) is 16.7 Å². The first kappa shape index (κ1) is 16.6. The standard InChI is InChI=1S/C19H19NO5/c21-15-4-1-12(2-5-15)7-8-20-18(24)10-14(19(20)25)9-13-3-6-16(22)11-17(13)23/h1-6,10-11,21-25H,7-9H2. The number of aryl methyl sites for hydroxylation is 1. The highest BCUT2D eigenvalue weighted by molar-refractivity contribution is 5.45. The van der Waals surface area contributed by atoms with Crippen molar-refractivity contribution in [1.29, 1.82) is 0 Å². The van der Waals surface area contributed by atoms with Crippen LogP contribution in [0.4, 0.5) is 0 Å². The van der Waals surface area contributed by atoms with Gasteiger partial charge in [0.15, 0.2) is 11.8 Å². The van der Waals surface area contributed by atoms with E-state index in [1.165, 1.54) is 22.8 Å². The average Bonchev–Trinajstić information content (AvgIpc) is 2.83. The molecule has 0 saturated heterocycles. The maximum absolute atomic E-state index is 10.4. The lowest BCUT2D eigenvalue weighted by molar-refractivity contribution is 0.366. The number of benzene rings is 2. The molecule has 0 radical (unpaired) electrons. The predicted molar refractivity (Wildman–Crippen MR) is 92.2 cm³/mol. The van der Waals surface area contributed by atoms with Crippen LogP contribution in [0.15, 0.2) is 48.5 Å². The highest BCUT2D eigenvalue weighted by Crippen LogP contribution is 2.32. The molecule has 3 aromatic rings. The van der Waals surface area contributed by atoms with Gasteiger partial charge in [-0.3, -0.25) is 4.57 Å². The van der Waals surface area contributed by atoms with Gasteiger partial charge < -0.3 is 25.5 Å². The van der Waals surface area contributed by atoms with Gasteiger partial charge in [-0.05, 0) is 35.7 Å². The zero-order chi connectivity index (χ0) is 18.0. The minimum atomic E-state index is -0.0734. The van der Waals surface area contributed by atoms with Crippen molar-refractivity contribution >= 4 is 0 Å². The molecule has 1 heterocycles. The number of aromatic hydroxyl groups is 5. The molecule has 0 atom stereocenters. The van der Waals surface area contributed by atoms with Gasteiger partial charge in [0.25, 0.3) is 0 Å². The molecular formula is C19H19NO5. The summed E-state index contributed by atoms with van der Waals surface area (Å²) >= 11 is 0. The van der Waals surface area contributed by atoms with E-state index in [0.717, 1.165) is 5.56 Å². The van der Waals surface area contributed by atoms with Crippen molar-refractivity contribution in [2.75, 3.05) is 0 Å². The van der Waals surface area contributed by atoms with Gasteiger partial charge in [-0.1, -0.05) is 18.2 Å². The van der Waals surface area contributed by atoms with E-state index < -0.39 is 0 Å². The van der Waals surface area contributed by atoms with Crippen LogP contribution in [-0.4, -0.2) is 30.1 Å². The van der Waals surface area contributed by atoms with Crippen LogP contribution in [0.3, 0.4) is 0 Å². The Labute approximate surface area is 144 Å². The molecule has 0 bridgehead atoms. The summed E-state index contributed by atoms with van der Waals surface area (Å²) in [5, 5.41) is 48.9.